The molecule has 1 N–H and O–H groups in total. The largest absolute Gasteiger partial charge is 1.00 e. The third-order valence-electron chi connectivity index (χ3n) is 3.21. The summed E-state index contributed by atoms with van der Waals surface area (Å²) in [5.74, 6) is 0.979. The normalized spacial score (nSPS) is 10.2. The van der Waals surface area contributed by atoms with Crippen molar-refractivity contribution < 1.29 is 83.2 Å². The summed E-state index contributed by atoms with van der Waals surface area (Å²) >= 11 is 0. The van der Waals surface area contributed by atoms with E-state index in [2.05, 4.69) is 43.8 Å². The third kappa shape index (κ3) is 13.5. The van der Waals surface area contributed by atoms with Gasteiger partial charge >= 0.3 is 68.9 Å². The number of amides is 1. The predicted octanol–water partition coefficient (Wildman–Crippen LogP) is 1.82. The van der Waals surface area contributed by atoms with Crippen molar-refractivity contribution in [2.24, 2.45) is 5.92 Å². The van der Waals surface area contributed by atoms with Crippen molar-refractivity contribution in [1.82, 2.24) is 0 Å². The summed E-state index contributed by atoms with van der Waals surface area (Å²) in [6.07, 6.45) is 1.66. The summed E-state index contributed by atoms with van der Waals surface area (Å²) in [6, 6.07) is 8.08. The average Bonchev–Trinajstić information content (AvgIpc) is 2.47. The van der Waals surface area contributed by atoms with Gasteiger partial charge in [-0.05, 0) is 36.8 Å². The Balaban J connectivity index is -0.000000554. The van der Waals surface area contributed by atoms with E-state index in [0.717, 1.165) is 12.1 Å². The first kappa shape index (κ1) is 29.0. The quantitative estimate of drug-likeness (QED) is 0.504. The molecule has 5 heteroatoms. The van der Waals surface area contributed by atoms with Crippen molar-refractivity contribution >= 4 is 18.1 Å². The zero-order valence-electron chi connectivity index (χ0n) is 16.4. The number of para-hydroxylation sites is 1. The zero-order valence-corrected chi connectivity index (χ0v) is 22.7. The number of hydrogen-bond donors (Lipinski definition) is 1. The van der Waals surface area contributed by atoms with Crippen molar-refractivity contribution in [3.05, 3.63) is 37.3 Å². The van der Waals surface area contributed by atoms with Gasteiger partial charge in [-0.15, -0.1) is 0 Å². The van der Waals surface area contributed by atoms with Crippen LogP contribution in [0.15, 0.2) is 24.3 Å². The number of anilines is 1. The van der Waals surface area contributed by atoms with E-state index in [4.69, 9.17) is 0 Å². The molecule has 0 bridgehead atoms. The molecule has 0 aliphatic carbocycles. The number of carbonyl (C=O) groups is 2. The van der Waals surface area contributed by atoms with Gasteiger partial charge in [0.05, 0.1) is 6.61 Å². The molecular weight excluding hydrogens is 423 g/mol. The number of carbonyl (C=O) groups excluding carboxylic acids is 2. The molecule has 0 spiro atoms. The minimum atomic E-state index is 0. The number of rotatable bonds is 7. The fourth-order valence-electron chi connectivity index (χ4n) is 1.90. The van der Waals surface area contributed by atoms with Gasteiger partial charge in [0.2, 0.25) is 5.91 Å². The summed E-state index contributed by atoms with van der Waals surface area (Å²) in [7, 11) is 0. The fraction of sp³-hybridized carbons (Fsp3) is 0.526. The maximum atomic E-state index is 11.8. The van der Waals surface area contributed by atoms with Crippen LogP contribution in [0.1, 0.15) is 58.9 Å². The second kappa shape index (κ2) is 18.0. The van der Waals surface area contributed by atoms with Gasteiger partial charge in [0.15, 0.2) is 0 Å². The Morgan fingerprint density at radius 3 is 2.21 bits per heavy atom. The summed E-state index contributed by atoms with van der Waals surface area (Å²) < 4.78 is 4.15. The summed E-state index contributed by atoms with van der Waals surface area (Å²) in [5, 5.41) is 3.02. The summed E-state index contributed by atoms with van der Waals surface area (Å²) in [4.78, 5) is 21.0. The van der Waals surface area contributed by atoms with Crippen LogP contribution < -0.4 is 74.2 Å². The number of nitrogens with one attached hydrogen (secondary N) is 1. The van der Waals surface area contributed by atoms with Crippen LogP contribution in [-0.4, -0.2) is 19.0 Å². The first-order valence-electron chi connectivity index (χ1n) is 7.90. The molecule has 0 heterocycles. The molecule has 24 heavy (non-hydrogen) atoms. The van der Waals surface area contributed by atoms with Gasteiger partial charge in [-0.25, -0.2) is 0 Å². The second-order valence-electron chi connectivity index (χ2n) is 5.59. The second-order valence-corrected chi connectivity index (χ2v) is 5.59. The maximum absolute atomic E-state index is 11.8. The van der Waals surface area contributed by atoms with Crippen LogP contribution in [0, 0.1) is 13.3 Å². The minimum absolute atomic E-state index is 0. The van der Waals surface area contributed by atoms with Crippen LogP contribution in [0.4, 0.5) is 5.69 Å². The van der Waals surface area contributed by atoms with Crippen molar-refractivity contribution in [3.63, 3.8) is 0 Å². The van der Waals surface area contributed by atoms with Gasteiger partial charge in [-0.1, -0.05) is 45.9 Å². The third-order valence-corrected chi connectivity index (χ3v) is 3.21. The number of ether oxygens (including phenoxy) is 1. The summed E-state index contributed by atoms with van der Waals surface area (Å²) in [5.41, 5.74) is 2.19. The van der Waals surface area contributed by atoms with Crippen LogP contribution >= 0.6 is 0 Å². The summed E-state index contributed by atoms with van der Waals surface area (Å²) in [6.45, 7) is 11.1. The van der Waals surface area contributed by atoms with E-state index in [1.807, 2.05) is 18.2 Å². The van der Waals surface area contributed by atoms with E-state index in [0.29, 0.717) is 31.3 Å². The Labute approximate surface area is 206 Å². The molecule has 1 aromatic rings. The Bertz CT molecular complexity index is 450. The topological polar surface area (TPSA) is 55.4 Å². The molecule has 1 unspecified atom stereocenters. The van der Waals surface area contributed by atoms with Crippen LogP contribution in [0.3, 0.4) is 0 Å². The van der Waals surface area contributed by atoms with E-state index < -0.39 is 0 Å². The SMILES string of the molecule is CCC(C)c1ccccc1NC(=O)CC(C)C.CCOC=O.[CH3-].[Cs+]. The van der Waals surface area contributed by atoms with Crippen LogP contribution in [0.2, 0.25) is 0 Å². The van der Waals surface area contributed by atoms with Crippen LogP contribution in [0.25, 0.3) is 0 Å². The zero-order chi connectivity index (χ0) is 17.0. The van der Waals surface area contributed by atoms with Crippen molar-refractivity contribution in [1.29, 1.82) is 0 Å². The molecule has 4 nitrogen and oxygen atoms in total. The average molecular weight is 455 g/mol. The van der Waals surface area contributed by atoms with Gasteiger partial charge < -0.3 is 17.5 Å². The molecule has 1 atom stereocenters. The Kier molecular flexibility index (Phi) is 21.8. The van der Waals surface area contributed by atoms with Gasteiger partial charge in [0.25, 0.3) is 6.47 Å². The standard InChI is InChI=1S/C15H23NO.C3H6O2.CH3.Cs/c1-5-12(4)13-8-6-7-9-14(13)16-15(17)10-11(2)3;1-2-5-3-4;;/h6-9,11-12H,5,10H2,1-4H3,(H,16,17);3H,2H2,1H3;1H3;/q;;-1;+1. The molecule has 0 saturated carbocycles. The van der Waals surface area contributed by atoms with E-state index in [-0.39, 0.29) is 82.2 Å². The van der Waals surface area contributed by atoms with Crippen molar-refractivity contribution in [3.8, 4) is 0 Å². The van der Waals surface area contributed by atoms with E-state index >= 15 is 0 Å². The smallest absolute Gasteiger partial charge is 0.468 e. The van der Waals surface area contributed by atoms with Gasteiger partial charge in [-0.3, -0.25) is 9.59 Å². The number of hydrogen-bond acceptors (Lipinski definition) is 3. The van der Waals surface area contributed by atoms with E-state index in [9.17, 15) is 9.59 Å². The monoisotopic (exact) mass is 455 g/mol. The van der Waals surface area contributed by atoms with Crippen molar-refractivity contribution in [2.45, 2.75) is 53.4 Å². The molecule has 0 aliphatic heterocycles. The van der Waals surface area contributed by atoms with E-state index in [1.54, 1.807) is 6.92 Å². The minimum Gasteiger partial charge on any atom is -0.468 e. The number of benzene rings is 1. The first-order valence-corrected chi connectivity index (χ1v) is 7.90. The maximum Gasteiger partial charge on any atom is 1.00 e. The molecule has 1 rings (SSSR count). The Hall–Kier alpha value is 0.212. The molecule has 1 amide bonds. The molecule has 0 aliphatic rings. The van der Waals surface area contributed by atoms with Crippen molar-refractivity contribution in [2.75, 3.05) is 11.9 Å². The van der Waals surface area contributed by atoms with Gasteiger partial charge in [-0.2, -0.15) is 0 Å². The van der Waals surface area contributed by atoms with Crippen LogP contribution in [-0.2, 0) is 14.3 Å². The molecule has 0 radical (unpaired) electrons. The van der Waals surface area contributed by atoms with Gasteiger partial charge in [0, 0.05) is 12.1 Å². The predicted molar refractivity (Wildman–Crippen MR) is 97.3 cm³/mol. The molecular formula is C19H32CsNO3. The molecule has 1 aromatic carbocycles. The Morgan fingerprint density at radius 1 is 1.21 bits per heavy atom. The molecule has 132 valence electrons. The molecule has 0 aromatic heterocycles. The molecule has 0 fully saturated rings. The van der Waals surface area contributed by atoms with Crippen LogP contribution in [0.5, 0.6) is 0 Å². The molecule has 0 saturated heterocycles. The van der Waals surface area contributed by atoms with E-state index in [1.165, 1.54) is 5.56 Å². The first-order chi connectivity index (χ1) is 10.5. The Morgan fingerprint density at radius 2 is 1.79 bits per heavy atom. The van der Waals surface area contributed by atoms with Gasteiger partial charge in [0.1, 0.15) is 0 Å². The fourth-order valence-corrected chi connectivity index (χ4v) is 1.90.